The molecular formula is C15H23NO4. The molecule has 0 saturated heterocycles. The van der Waals surface area contributed by atoms with E-state index >= 15 is 0 Å². The van der Waals surface area contributed by atoms with Gasteiger partial charge >= 0.3 is 11.9 Å². The summed E-state index contributed by atoms with van der Waals surface area (Å²) in [4.78, 5) is 22.2. The van der Waals surface area contributed by atoms with E-state index in [0.29, 0.717) is 24.7 Å². The predicted molar refractivity (Wildman–Crippen MR) is 73.9 cm³/mol. The van der Waals surface area contributed by atoms with Crippen LogP contribution in [0, 0.1) is 11.8 Å². The Bertz CT molecular complexity index is 393. The predicted octanol–water partition coefficient (Wildman–Crippen LogP) is 1.86. The summed E-state index contributed by atoms with van der Waals surface area (Å²) in [6.07, 6.45) is 9.73. The Morgan fingerprint density at radius 3 is 2.65 bits per heavy atom. The lowest BCUT2D eigenvalue weighted by atomic mass is 10.0. The van der Waals surface area contributed by atoms with Crippen LogP contribution in [0.4, 0.5) is 0 Å². The lowest BCUT2D eigenvalue weighted by Crippen LogP contribution is -2.29. The number of aliphatic carboxylic acids is 1. The monoisotopic (exact) mass is 281 g/mol. The van der Waals surface area contributed by atoms with Gasteiger partial charge in [0.15, 0.2) is 0 Å². The first-order valence-electron chi connectivity index (χ1n) is 7.42. The van der Waals surface area contributed by atoms with Crippen molar-refractivity contribution in [2.24, 2.45) is 17.6 Å². The number of carbonyl (C=O) groups excluding carboxylic acids is 1. The molecule has 0 aliphatic heterocycles. The van der Waals surface area contributed by atoms with E-state index in [2.05, 4.69) is 12.2 Å². The van der Waals surface area contributed by atoms with E-state index in [9.17, 15) is 9.59 Å². The molecular weight excluding hydrogens is 258 g/mol. The maximum Gasteiger partial charge on any atom is 0.320 e. The SMILES string of the molecule is N[C@@H](CCCCCC(=O)OC1CC2C=CC1C2)C(=O)O. The van der Waals surface area contributed by atoms with E-state index in [1.54, 1.807) is 0 Å². The zero-order valence-electron chi connectivity index (χ0n) is 11.7. The van der Waals surface area contributed by atoms with Crippen molar-refractivity contribution in [3.05, 3.63) is 12.2 Å². The minimum atomic E-state index is -0.964. The van der Waals surface area contributed by atoms with Gasteiger partial charge in [-0.05, 0) is 31.6 Å². The maximum atomic E-state index is 11.7. The van der Waals surface area contributed by atoms with Gasteiger partial charge in [0.25, 0.3) is 0 Å². The number of fused-ring (bicyclic) bond motifs is 2. The van der Waals surface area contributed by atoms with Gasteiger partial charge in [-0.1, -0.05) is 25.0 Å². The number of hydrogen-bond donors (Lipinski definition) is 2. The van der Waals surface area contributed by atoms with Crippen LogP contribution in [0.15, 0.2) is 12.2 Å². The van der Waals surface area contributed by atoms with Crippen molar-refractivity contribution < 1.29 is 19.4 Å². The summed E-state index contributed by atoms with van der Waals surface area (Å²) >= 11 is 0. The van der Waals surface area contributed by atoms with Gasteiger partial charge in [0.2, 0.25) is 0 Å². The largest absolute Gasteiger partial charge is 0.480 e. The van der Waals surface area contributed by atoms with Crippen LogP contribution in [0.5, 0.6) is 0 Å². The van der Waals surface area contributed by atoms with E-state index < -0.39 is 12.0 Å². The highest BCUT2D eigenvalue weighted by molar-refractivity contribution is 5.73. The highest BCUT2D eigenvalue weighted by atomic mass is 16.5. The van der Waals surface area contributed by atoms with Crippen molar-refractivity contribution in [3.63, 3.8) is 0 Å². The molecule has 112 valence electrons. The van der Waals surface area contributed by atoms with E-state index in [0.717, 1.165) is 32.1 Å². The smallest absolute Gasteiger partial charge is 0.320 e. The highest BCUT2D eigenvalue weighted by Crippen LogP contribution is 2.40. The van der Waals surface area contributed by atoms with Gasteiger partial charge in [0.05, 0.1) is 0 Å². The highest BCUT2D eigenvalue weighted by Gasteiger charge is 2.37. The van der Waals surface area contributed by atoms with Crippen LogP contribution in [-0.4, -0.2) is 29.2 Å². The first-order chi connectivity index (χ1) is 9.56. The molecule has 5 heteroatoms. The van der Waals surface area contributed by atoms with Gasteiger partial charge in [0.1, 0.15) is 12.1 Å². The van der Waals surface area contributed by atoms with Crippen molar-refractivity contribution in [2.45, 2.75) is 57.1 Å². The lowest BCUT2D eigenvalue weighted by molar-refractivity contribution is -0.150. The van der Waals surface area contributed by atoms with Crippen LogP contribution in [-0.2, 0) is 14.3 Å². The number of nitrogens with two attached hydrogens (primary N) is 1. The van der Waals surface area contributed by atoms with E-state index in [-0.39, 0.29) is 12.1 Å². The molecule has 1 saturated carbocycles. The fourth-order valence-corrected chi connectivity index (χ4v) is 3.03. The molecule has 3 N–H and O–H groups in total. The average Bonchev–Trinajstić information content (AvgIpc) is 3.00. The second kappa shape index (κ2) is 6.88. The molecule has 2 rings (SSSR count). The summed E-state index contributed by atoms with van der Waals surface area (Å²) in [5.74, 6) is -0.0555. The van der Waals surface area contributed by atoms with Crippen LogP contribution in [0.1, 0.15) is 44.9 Å². The Hall–Kier alpha value is -1.36. The van der Waals surface area contributed by atoms with Crippen molar-refractivity contribution in [3.8, 4) is 0 Å². The topological polar surface area (TPSA) is 89.6 Å². The molecule has 0 aromatic carbocycles. The molecule has 20 heavy (non-hydrogen) atoms. The zero-order valence-corrected chi connectivity index (χ0v) is 11.7. The first-order valence-corrected chi connectivity index (χ1v) is 7.42. The number of carboxylic acids is 1. The molecule has 0 aromatic rings. The standard InChI is InChI=1S/C15H23NO4/c16-12(15(18)19)4-2-1-3-5-14(17)20-13-9-10-6-7-11(13)8-10/h6-7,10-13H,1-5,8-9,16H2,(H,18,19)/t10?,11?,12-,13?/m0/s1. The van der Waals surface area contributed by atoms with Crippen LogP contribution < -0.4 is 5.73 Å². The molecule has 0 heterocycles. The van der Waals surface area contributed by atoms with Crippen LogP contribution in [0.3, 0.4) is 0 Å². The van der Waals surface area contributed by atoms with Gasteiger partial charge in [-0.15, -0.1) is 0 Å². The van der Waals surface area contributed by atoms with Crippen LogP contribution in [0.25, 0.3) is 0 Å². The Morgan fingerprint density at radius 1 is 1.25 bits per heavy atom. The van der Waals surface area contributed by atoms with Crippen molar-refractivity contribution >= 4 is 11.9 Å². The van der Waals surface area contributed by atoms with Crippen molar-refractivity contribution in [1.29, 1.82) is 0 Å². The lowest BCUT2D eigenvalue weighted by Gasteiger charge is -2.18. The summed E-state index contributed by atoms with van der Waals surface area (Å²) in [6, 6.07) is -0.789. The number of esters is 1. The average molecular weight is 281 g/mol. The molecule has 2 aliphatic carbocycles. The third-order valence-electron chi connectivity index (χ3n) is 4.21. The van der Waals surface area contributed by atoms with Crippen LogP contribution >= 0.6 is 0 Å². The summed E-state index contributed by atoms with van der Waals surface area (Å²) in [7, 11) is 0. The Kier molecular flexibility index (Phi) is 5.17. The third kappa shape index (κ3) is 4.07. The van der Waals surface area contributed by atoms with Gasteiger partial charge in [-0.2, -0.15) is 0 Å². The normalized spacial score (nSPS) is 28.6. The Labute approximate surface area is 119 Å². The number of ether oxygens (including phenoxy) is 1. The van der Waals surface area contributed by atoms with Gasteiger partial charge < -0.3 is 15.6 Å². The Balaban J connectivity index is 1.53. The molecule has 2 bridgehead atoms. The van der Waals surface area contributed by atoms with Gasteiger partial charge in [-0.3, -0.25) is 9.59 Å². The molecule has 0 spiro atoms. The molecule has 1 fully saturated rings. The fraction of sp³-hybridized carbons (Fsp3) is 0.733. The molecule has 0 aromatic heterocycles. The number of allylic oxidation sites excluding steroid dienone is 1. The number of carbonyl (C=O) groups is 2. The van der Waals surface area contributed by atoms with Gasteiger partial charge in [-0.25, -0.2) is 0 Å². The maximum absolute atomic E-state index is 11.7. The van der Waals surface area contributed by atoms with E-state index in [1.807, 2.05) is 0 Å². The molecule has 5 nitrogen and oxygen atoms in total. The molecule has 2 aliphatic rings. The van der Waals surface area contributed by atoms with Gasteiger partial charge in [0, 0.05) is 12.3 Å². The minimum Gasteiger partial charge on any atom is -0.480 e. The van der Waals surface area contributed by atoms with E-state index in [4.69, 9.17) is 15.6 Å². The molecule has 4 atom stereocenters. The van der Waals surface area contributed by atoms with Crippen molar-refractivity contribution in [1.82, 2.24) is 0 Å². The summed E-state index contributed by atoms with van der Waals surface area (Å²) in [5.41, 5.74) is 5.40. The molecule has 3 unspecified atom stereocenters. The Morgan fingerprint density at radius 2 is 2.05 bits per heavy atom. The van der Waals surface area contributed by atoms with Crippen LogP contribution in [0.2, 0.25) is 0 Å². The second-order valence-corrected chi connectivity index (χ2v) is 5.85. The van der Waals surface area contributed by atoms with E-state index in [1.165, 1.54) is 0 Å². The molecule has 0 amide bonds. The molecule has 0 radical (unpaired) electrons. The first kappa shape index (κ1) is 15.0. The number of unbranched alkanes of at least 4 members (excludes halogenated alkanes) is 2. The quantitative estimate of drug-likeness (QED) is 0.402. The minimum absolute atomic E-state index is 0.0814. The zero-order chi connectivity index (χ0) is 14.5. The number of hydrogen-bond acceptors (Lipinski definition) is 4. The third-order valence-corrected chi connectivity index (χ3v) is 4.21. The second-order valence-electron chi connectivity index (χ2n) is 5.85. The van der Waals surface area contributed by atoms with Crippen molar-refractivity contribution in [2.75, 3.05) is 0 Å². The summed E-state index contributed by atoms with van der Waals surface area (Å²) in [5, 5.41) is 8.63. The summed E-state index contributed by atoms with van der Waals surface area (Å²) in [6.45, 7) is 0. The summed E-state index contributed by atoms with van der Waals surface area (Å²) < 4.78 is 5.50. The number of carboxylic acid groups (broad SMARTS) is 1. The fourth-order valence-electron chi connectivity index (χ4n) is 3.03. The number of rotatable bonds is 8.